The van der Waals surface area contributed by atoms with Crippen molar-refractivity contribution in [2.45, 2.75) is 64.4 Å². The molecule has 3 atom stereocenters. The third-order valence-corrected chi connectivity index (χ3v) is 3.18. The molecule has 0 rings (SSSR count). The number of rotatable bonds is 12. The molecule has 2 nitrogen and oxygen atoms in total. The Morgan fingerprint density at radius 2 is 1.61 bits per heavy atom. The molecule has 18 heavy (non-hydrogen) atoms. The average molecular weight is 250 g/mol. The molecule has 0 aliphatic rings. The minimum absolute atomic E-state index is 0.464. The fraction of sp³-hybridized carbons (Fsp3) is 1.00. The molecule has 0 bridgehead atoms. The van der Waals surface area contributed by atoms with Crippen LogP contribution in [0.25, 0.3) is 0 Å². The zero-order valence-electron chi connectivity index (χ0n) is 13.2. The van der Waals surface area contributed by atoms with Gasteiger partial charge in [-0.2, -0.15) is 0 Å². The summed E-state index contributed by atoms with van der Waals surface area (Å²) in [5, 5.41) is 0. The second-order valence-electron chi connectivity index (χ2n) is 6.15. The zero-order valence-corrected chi connectivity index (χ0v) is 13.2. The van der Waals surface area contributed by atoms with Crippen molar-refractivity contribution in [3.05, 3.63) is 0 Å². The van der Waals surface area contributed by atoms with E-state index in [9.17, 15) is 0 Å². The molecular formula is C15H31LiO2. The predicted molar refractivity (Wildman–Crippen MR) is 79.0 cm³/mol. The first-order valence-electron chi connectivity index (χ1n) is 7.71. The zero-order chi connectivity index (χ0) is 13.8. The SMILES string of the molecule is [Li][CH](C)CC(C)CC(C)CCCOCOCCC. The molecule has 3 unspecified atom stereocenters. The predicted octanol–water partition coefficient (Wildman–Crippen LogP) is 4.20. The van der Waals surface area contributed by atoms with Crippen LogP contribution in [0.15, 0.2) is 0 Å². The van der Waals surface area contributed by atoms with Crippen LogP contribution in [-0.2, 0) is 9.47 Å². The minimum atomic E-state index is 0.464. The smallest absolute Gasteiger partial charge is 0.0632 e. The van der Waals surface area contributed by atoms with Crippen molar-refractivity contribution in [1.82, 2.24) is 0 Å². The Morgan fingerprint density at radius 1 is 0.944 bits per heavy atom. The van der Waals surface area contributed by atoms with Gasteiger partial charge in [-0.3, -0.25) is 0 Å². The second kappa shape index (κ2) is 12.5. The number of ether oxygens (including phenoxy) is 2. The van der Waals surface area contributed by atoms with E-state index >= 15 is 0 Å². The molecule has 0 aromatic carbocycles. The van der Waals surface area contributed by atoms with E-state index in [-0.39, 0.29) is 0 Å². The van der Waals surface area contributed by atoms with E-state index in [0.29, 0.717) is 6.79 Å². The molecule has 0 N–H and O–H groups in total. The van der Waals surface area contributed by atoms with Crippen LogP contribution in [0.4, 0.5) is 0 Å². The molecule has 3 heteroatoms. The van der Waals surface area contributed by atoms with Gasteiger partial charge in [0.2, 0.25) is 0 Å². The third kappa shape index (κ3) is 13.0. The van der Waals surface area contributed by atoms with Gasteiger partial charge in [-0.15, -0.1) is 0 Å². The van der Waals surface area contributed by atoms with Gasteiger partial charge in [0, 0.05) is 0 Å². The van der Waals surface area contributed by atoms with Crippen molar-refractivity contribution >= 4 is 17.7 Å². The summed E-state index contributed by atoms with van der Waals surface area (Å²) in [7, 11) is 0. The molecule has 0 heterocycles. The van der Waals surface area contributed by atoms with Crippen LogP contribution in [0.3, 0.4) is 0 Å². The summed E-state index contributed by atoms with van der Waals surface area (Å²) in [4.78, 5) is 0. The summed E-state index contributed by atoms with van der Waals surface area (Å²) in [5.41, 5.74) is 0. The number of hydrogen-bond acceptors (Lipinski definition) is 2. The van der Waals surface area contributed by atoms with Crippen molar-refractivity contribution in [3.8, 4) is 0 Å². The van der Waals surface area contributed by atoms with Crippen molar-refractivity contribution < 1.29 is 9.47 Å². The normalized spacial score (nSPS) is 16.6. The van der Waals surface area contributed by atoms with Crippen LogP contribution in [0.5, 0.6) is 0 Å². The molecule has 0 saturated heterocycles. The minimum Gasteiger partial charge on any atom is -0.0632 e. The molecule has 0 aromatic rings. The number of hydrogen-bond donors (Lipinski definition) is 0. The van der Waals surface area contributed by atoms with E-state index in [1.807, 2.05) is 0 Å². The molecular weight excluding hydrogens is 219 g/mol. The third-order valence-electron chi connectivity index (χ3n) is 3.18. The van der Waals surface area contributed by atoms with E-state index in [0.717, 1.165) is 42.5 Å². The Labute approximate surface area is 123 Å². The Bertz CT molecular complexity index is 174. The Hall–Kier alpha value is 0.517. The summed E-state index contributed by atoms with van der Waals surface area (Å²) in [6.45, 7) is 11.3. The Kier molecular flexibility index (Phi) is 12.9. The van der Waals surface area contributed by atoms with Gasteiger partial charge < -0.3 is 0 Å². The summed E-state index contributed by atoms with van der Waals surface area (Å²) in [5.74, 6) is 1.67. The van der Waals surface area contributed by atoms with Gasteiger partial charge in [-0.25, -0.2) is 0 Å². The van der Waals surface area contributed by atoms with Gasteiger partial charge in [0.1, 0.15) is 0 Å². The van der Waals surface area contributed by atoms with Crippen molar-refractivity contribution in [2.24, 2.45) is 11.8 Å². The molecule has 104 valence electrons. The Balaban J connectivity index is 3.33. The summed E-state index contributed by atoms with van der Waals surface area (Å²) >= 11 is 2.31. The summed E-state index contributed by atoms with van der Waals surface area (Å²) in [6.07, 6.45) is 6.20. The molecule has 0 aromatic heterocycles. The van der Waals surface area contributed by atoms with Crippen molar-refractivity contribution in [1.29, 1.82) is 0 Å². The molecule has 0 radical (unpaired) electrons. The van der Waals surface area contributed by atoms with Gasteiger partial charge in [0.25, 0.3) is 0 Å². The topological polar surface area (TPSA) is 18.5 Å². The van der Waals surface area contributed by atoms with Crippen molar-refractivity contribution in [3.63, 3.8) is 0 Å². The fourth-order valence-corrected chi connectivity index (χ4v) is 2.56. The monoisotopic (exact) mass is 250 g/mol. The molecule has 0 aliphatic carbocycles. The second-order valence-corrected chi connectivity index (χ2v) is 6.15. The maximum atomic E-state index is 5.43. The quantitative estimate of drug-likeness (QED) is 0.294. The van der Waals surface area contributed by atoms with Gasteiger partial charge in [-0.1, -0.05) is 6.92 Å². The van der Waals surface area contributed by atoms with Gasteiger partial charge in [-0.05, 0) is 6.42 Å². The van der Waals surface area contributed by atoms with E-state index < -0.39 is 0 Å². The van der Waals surface area contributed by atoms with Crippen LogP contribution < -0.4 is 0 Å². The maximum absolute atomic E-state index is 5.43. The van der Waals surface area contributed by atoms with Crippen molar-refractivity contribution in [2.75, 3.05) is 20.0 Å². The van der Waals surface area contributed by atoms with Gasteiger partial charge in [0.15, 0.2) is 0 Å². The van der Waals surface area contributed by atoms with Crippen LogP contribution in [0.2, 0.25) is 4.59 Å². The van der Waals surface area contributed by atoms with E-state index in [2.05, 4.69) is 45.4 Å². The van der Waals surface area contributed by atoms with E-state index in [1.165, 1.54) is 19.3 Å². The van der Waals surface area contributed by atoms with Crippen LogP contribution in [-0.4, -0.2) is 37.7 Å². The molecule has 0 spiro atoms. The van der Waals surface area contributed by atoms with Gasteiger partial charge >= 0.3 is 110 Å². The fourth-order valence-electron chi connectivity index (χ4n) is 2.56. The van der Waals surface area contributed by atoms with Crippen LogP contribution in [0.1, 0.15) is 59.8 Å². The van der Waals surface area contributed by atoms with Crippen LogP contribution in [0, 0.1) is 11.8 Å². The van der Waals surface area contributed by atoms with Gasteiger partial charge in [0.05, 0.1) is 0 Å². The van der Waals surface area contributed by atoms with E-state index in [1.54, 1.807) is 0 Å². The summed E-state index contributed by atoms with van der Waals surface area (Å²) < 4.78 is 11.5. The standard InChI is InChI=1S/C15H31O2.Li/c1-5-8-14(3)12-15(4)9-7-11-17-13-16-10-6-2;/h5,14-15H,6-13H2,1-4H3;. The van der Waals surface area contributed by atoms with Crippen LogP contribution >= 0.6 is 0 Å². The first kappa shape index (κ1) is 18.5. The first-order chi connectivity index (χ1) is 8.56. The molecule has 0 aliphatic heterocycles. The molecule has 0 fully saturated rings. The van der Waals surface area contributed by atoms with E-state index in [4.69, 9.17) is 9.47 Å². The molecule has 0 amide bonds. The average Bonchev–Trinajstić information content (AvgIpc) is 2.26. The molecule has 0 saturated carbocycles. The summed E-state index contributed by atoms with van der Waals surface area (Å²) in [6, 6.07) is 0. The Morgan fingerprint density at radius 3 is 2.22 bits per heavy atom. The first-order valence-corrected chi connectivity index (χ1v) is 7.71.